The van der Waals surface area contributed by atoms with E-state index in [1.807, 2.05) is 20.9 Å². The lowest BCUT2D eigenvalue weighted by atomic mass is 9.76. The van der Waals surface area contributed by atoms with Gasteiger partial charge in [0.1, 0.15) is 6.04 Å². The van der Waals surface area contributed by atoms with E-state index in [9.17, 15) is 14.7 Å². The van der Waals surface area contributed by atoms with Gasteiger partial charge in [-0.1, -0.05) is 13.8 Å². The van der Waals surface area contributed by atoms with Crippen LogP contribution < -0.4 is 5.32 Å². The summed E-state index contributed by atoms with van der Waals surface area (Å²) in [4.78, 5) is 27.4. The van der Waals surface area contributed by atoms with E-state index in [2.05, 4.69) is 24.1 Å². The zero-order valence-corrected chi connectivity index (χ0v) is 13.8. The molecule has 1 saturated heterocycles. The van der Waals surface area contributed by atoms with Crippen molar-refractivity contribution in [3.05, 3.63) is 0 Å². The van der Waals surface area contributed by atoms with E-state index in [1.54, 1.807) is 0 Å². The zero-order valence-electron chi connectivity index (χ0n) is 13.8. The second-order valence-corrected chi connectivity index (χ2v) is 6.83. The van der Waals surface area contributed by atoms with E-state index in [4.69, 9.17) is 0 Å². The normalized spacial score (nSPS) is 21.7. The third kappa shape index (κ3) is 4.59. The Kier molecular flexibility index (Phi) is 6.01. The van der Waals surface area contributed by atoms with E-state index in [1.165, 1.54) is 4.90 Å². The highest BCUT2D eigenvalue weighted by molar-refractivity contribution is 5.83. The van der Waals surface area contributed by atoms with Gasteiger partial charge in [-0.05, 0) is 39.2 Å². The van der Waals surface area contributed by atoms with Crippen LogP contribution in [0.25, 0.3) is 0 Å². The summed E-state index contributed by atoms with van der Waals surface area (Å²) in [5.74, 6) is -0.922. The maximum atomic E-state index is 12.3. The molecule has 6 heteroatoms. The number of likely N-dealkylation sites (N-methyl/N-ethyl adjacent to an activating group) is 1. The summed E-state index contributed by atoms with van der Waals surface area (Å²) in [6.45, 7) is 9.79. The number of aliphatic carboxylic acids is 1. The van der Waals surface area contributed by atoms with Gasteiger partial charge in [0.15, 0.2) is 0 Å². The number of amides is 2. The first-order chi connectivity index (χ1) is 9.66. The summed E-state index contributed by atoms with van der Waals surface area (Å²) in [5, 5.41) is 12.3. The fraction of sp³-hybridized carbons (Fsp3) is 0.867. The third-order valence-corrected chi connectivity index (χ3v) is 4.39. The Balaban J connectivity index is 2.61. The van der Waals surface area contributed by atoms with Crippen molar-refractivity contribution in [1.29, 1.82) is 0 Å². The van der Waals surface area contributed by atoms with Crippen LogP contribution in [0, 0.1) is 5.41 Å². The summed E-state index contributed by atoms with van der Waals surface area (Å²) in [6.07, 6.45) is 1.67. The third-order valence-electron chi connectivity index (χ3n) is 4.39. The first kappa shape index (κ1) is 17.8. The number of carbonyl (C=O) groups excluding carboxylic acids is 1. The Labute approximate surface area is 127 Å². The minimum absolute atomic E-state index is 0.271. The van der Waals surface area contributed by atoms with Crippen molar-refractivity contribution >= 4 is 12.0 Å². The zero-order chi connectivity index (χ0) is 16.2. The van der Waals surface area contributed by atoms with Gasteiger partial charge in [-0.25, -0.2) is 9.59 Å². The lowest BCUT2D eigenvalue weighted by molar-refractivity contribution is -0.148. The summed E-state index contributed by atoms with van der Waals surface area (Å²) >= 11 is 0. The van der Waals surface area contributed by atoms with Crippen LogP contribution in [0.2, 0.25) is 0 Å². The monoisotopic (exact) mass is 299 g/mol. The maximum Gasteiger partial charge on any atom is 0.327 e. The van der Waals surface area contributed by atoms with Crippen LogP contribution in [0.1, 0.15) is 40.5 Å². The van der Waals surface area contributed by atoms with Crippen molar-refractivity contribution in [1.82, 2.24) is 15.1 Å². The number of rotatable bonds is 5. The number of carbonyl (C=O) groups is 2. The molecule has 0 bridgehead atoms. The number of hydrogen-bond acceptors (Lipinski definition) is 3. The standard InChI is InChI=1S/C15H29N3O3/c1-11(2)17(5)10-8-16-14(21)18-9-6-7-15(3,4)12(18)13(19)20/h11-12H,6-10H2,1-5H3,(H,16,21)(H,19,20). The Morgan fingerprint density at radius 3 is 2.57 bits per heavy atom. The molecule has 1 unspecified atom stereocenters. The van der Waals surface area contributed by atoms with Crippen LogP contribution in [0.15, 0.2) is 0 Å². The number of carboxylic acid groups (broad SMARTS) is 1. The second kappa shape index (κ2) is 7.11. The summed E-state index contributed by atoms with van der Waals surface area (Å²) in [7, 11) is 2.00. The fourth-order valence-electron chi connectivity index (χ4n) is 2.78. The van der Waals surface area contributed by atoms with Crippen LogP contribution >= 0.6 is 0 Å². The van der Waals surface area contributed by atoms with Crippen LogP contribution in [-0.2, 0) is 4.79 Å². The molecule has 0 aromatic carbocycles. The van der Waals surface area contributed by atoms with E-state index in [-0.39, 0.29) is 6.03 Å². The van der Waals surface area contributed by atoms with E-state index in [0.717, 1.165) is 19.4 Å². The minimum Gasteiger partial charge on any atom is -0.480 e. The van der Waals surface area contributed by atoms with Crippen molar-refractivity contribution in [3.8, 4) is 0 Å². The molecule has 0 aliphatic carbocycles. The van der Waals surface area contributed by atoms with Crippen molar-refractivity contribution in [2.45, 2.75) is 52.6 Å². The van der Waals surface area contributed by atoms with E-state index in [0.29, 0.717) is 19.1 Å². The lowest BCUT2D eigenvalue weighted by Crippen LogP contribution is -2.59. The Hall–Kier alpha value is -1.30. The van der Waals surface area contributed by atoms with Gasteiger partial charge < -0.3 is 20.2 Å². The predicted octanol–water partition coefficient (Wildman–Crippen LogP) is 1.61. The van der Waals surface area contributed by atoms with Crippen molar-refractivity contribution in [2.24, 2.45) is 5.41 Å². The topological polar surface area (TPSA) is 72.9 Å². The van der Waals surface area contributed by atoms with E-state index >= 15 is 0 Å². The summed E-state index contributed by atoms with van der Waals surface area (Å²) < 4.78 is 0. The highest BCUT2D eigenvalue weighted by atomic mass is 16.4. The largest absolute Gasteiger partial charge is 0.480 e. The minimum atomic E-state index is -0.922. The first-order valence-corrected chi connectivity index (χ1v) is 7.64. The number of carboxylic acids is 1. The number of nitrogens with zero attached hydrogens (tertiary/aromatic N) is 2. The Morgan fingerprint density at radius 2 is 2.05 bits per heavy atom. The second-order valence-electron chi connectivity index (χ2n) is 6.83. The van der Waals surface area contributed by atoms with Gasteiger partial charge >= 0.3 is 12.0 Å². The van der Waals surface area contributed by atoms with Gasteiger partial charge in [-0.2, -0.15) is 0 Å². The molecule has 1 fully saturated rings. The molecule has 2 N–H and O–H groups in total. The molecule has 0 saturated carbocycles. The van der Waals surface area contributed by atoms with Crippen molar-refractivity contribution in [3.63, 3.8) is 0 Å². The molecule has 1 aliphatic rings. The van der Waals surface area contributed by atoms with Crippen molar-refractivity contribution < 1.29 is 14.7 Å². The summed E-state index contributed by atoms with van der Waals surface area (Å²) in [5.41, 5.74) is -0.393. The molecule has 21 heavy (non-hydrogen) atoms. The van der Waals surface area contributed by atoms with Gasteiger partial charge in [-0.15, -0.1) is 0 Å². The quantitative estimate of drug-likeness (QED) is 0.809. The molecule has 122 valence electrons. The maximum absolute atomic E-state index is 12.3. The molecule has 6 nitrogen and oxygen atoms in total. The van der Waals surface area contributed by atoms with Gasteiger partial charge in [0.05, 0.1) is 0 Å². The number of nitrogens with one attached hydrogen (secondary N) is 1. The van der Waals surface area contributed by atoms with E-state index < -0.39 is 17.4 Å². The molecule has 1 heterocycles. The Bertz CT molecular complexity index is 382. The van der Waals surface area contributed by atoms with Gasteiger partial charge in [0.2, 0.25) is 0 Å². The summed E-state index contributed by atoms with van der Waals surface area (Å²) in [6, 6.07) is -0.607. The number of hydrogen-bond donors (Lipinski definition) is 2. The molecule has 0 aromatic rings. The predicted molar refractivity (Wildman–Crippen MR) is 82.3 cm³/mol. The van der Waals surface area contributed by atoms with Crippen molar-refractivity contribution in [2.75, 3.05) is 26.7 Å². The number of urea groups is 1. The molecule has 1 aliphatic heterocycles. The first-order valence-electron chi connectivity index (χ1n) is 7.64. The van der Waals surface area contributed by atoms with Gasteiger partial charge in [0.25, 0.3) is 0 Å². The van der Waals surface area contributed by atoms with Crippen LogP contribution in [0.4, 0.5) is 4.79 Å². The molecular weight excluding hydrogens is 270 g/mol. The SMILES string of the molecule is CC(C)N(C)CCNC(=O)N1CCCC(C)(C)C1C(=O)O. The average Bonchev–Trinajstić information content (AvgIpc) is 2.36. The molecule has 0 radical (unpaired) electrons. The van der Waals surface area contributed by atoms with Gasteiger partial charge in [-0.3, -0.25) is 0 Å². The average molecular weight is 299 g/mol. The molecule has 0 spiro atoms. The number of piperidine rings is 1. The van der Waals surface area contributed by atoms with Crippen LogP contribution in [0.5, 0.6) is 0 Å². The highest BCUT2D eigenvalue weighted by Gasteiger charge is 2.44. The molecule has 1 rings (SSSR count). The molecule has 1 atom stereocenters. The molecular formula is C15H29N3O3. The fourth-order valence-corrected chi connectivity index (χ4v) is 2.78. The highest BCUT2D eigenvalue weighted by Crippen LogP contribution is 2.35. The van der Waals surface area contributed by atoms with Crippen LogP contribution in [0.3, 0.4) is 0 Å². The van der Waals surface area contributed by atoms with Crippen LogP contribution in [-0.4, -0.2) is 65.7 Å². The number of likely N-dealkylation sites (tertiary alicyclic amines) is 1. The Morgan fingerprint density at radius 1 is 1.43 bits per heavy atom. The smallest absolute Gasteiger partial charge is 0.327 e. The van der Waals surface area contributed by atoms with Gasteiger partial charge in [0, 0.05) is 25.7 Å². The molecule has 2 amide bonds. The molecule has 0 aromatic heterocycles. The lowest BCUT2D eigenvalue weighted by Gasteiger charge is -2.43.